The zero-order chi connectivity index (χ0) is 36.3. The van der Waals surface area contributed by atoms with Crippen molar-refractivity contribution in [1.29, 1.82) is 0 Å². The Balaban J connectivity index is 1.01. The van der Waals surface area contributed by atoms with Crippen LogP contribution in [0.3, 0.4) is 0 Å². The number of rotatable bonds is 6. The van der Waals surface area contributed by atoms with Gasteiger partial charge >= 0.3 is 0 Å². The number of furan rings is 1. The van der Waals surface area contributed by atoms with Crippen LogP contribution < -0.4 is 4.90 Å². The fourth-order valence-electron chi connectivity index (χ4n) is 8.45. The smallest absolute Gasteiger partial charge is 0.137 e. The van der Waals surface area contributed by atoms with Crippen molar-refractivity contribution in [2.45, 2.75) is 12.8 Å². The van der Waals surface area contributed by atoms with Gasteiger partial charge in [-0.1, -0.05) is 127 Å². The summed E-state index contributed by atoms with van der Waals surface area (Å²) in [6.07, 6.45) is 6.90. The number of aryl methyl sites for hydroxylation is 1. The molecule has 0 saturated carbocycles. The first-order valence-corrected chi connectivity index (χ1v) is 19.8. The molecule has 3 heteroatoms. The lowest BCUT2D eigenvalue weighted by Crippen LogP contribution is -2.10. The summed E-state index contributed by atoms with van der Waals surface area (Å²) >= 11 is 1.94. The van der Waals surface area contributed by atoms with Gasteiger partial charge in [0, 0.05) is 31.7 Å². The third-order valence-corrected chi connectivity index (χ3v) is 12.3. The van der Waals surface area contributed by atoms with Gasteiger partial charge in [-0.05, 0) is 123 Å². The van der Waals surface area contributed by atoms with Crippen LogP contribution in [0, 0.1) is 0 Å². The Morgan fingerprint density at radius 1 is 0.491 bits per heavy atom. The second-order valence-electron chi connectivity index (χ2n) is 14.4. The van der Waals surface area contributed by atoms with Crippen molar-refractivity contribution in [3.05, 3.63) is 192 Å². The molecule has 55 heavy (non-hydrogen) atoms. The first-order valence-electron chi connectivity index (χ1n) is 19.0. The van der Waals surface area contributed by atoms with Crippen LogP contribution in [0.15, 0.2) is 186 Å². The van der Waals surface area contributed by atoms with Crippen LogP contribution >= 0.6 is 11.3 Å². The molecule has 0 amide bonds. The normalized spacial score (nSPS) is 12.5. The maximum absolute atomic E-state index is 6.39. The molecule has 1 aliphatic carbocycles. The van der Waals surface area contributed by atoms with E-state index in [1.807, 2.05) is 17.4 Å². The number of benzene rings is 8. The van der Waals surface area contributed by atoms with Crippen molar-refractivity contribution in [3.8, 4) is 33.4 Å². The number of thiophene rings is 1. The van der Waals surface area contributed by atoms with Crippen molar-refractivity contribution < 1.29 is 4.42 Å². The van der Waals surface area contributed by atoms with Crippen LogP contribution in [0.1, 0.15) is 16.9 Å². The molecule has 0 saturated heterocycles. The molecule has 2 heterocycles. The SMILES string of the molecule is C1=Cc2c(sc3cccc(-c4ccc(N(c5ccc(-c6cccc(-c7ccc8ccccc8c7)c6)cc5)c5cccc6oc7ccccc7c56)cc4)c23)CC1. The molecule has 10 aromatic rings. The molecule has 0 fully saturated rings. The first kappa shape index (κ1) is 31.8. The minimum Gasteiger partial charge on any atom is -0.456 e. The molecule has 0 bridgehead atoms. The molecule has 0 radical (unpaired) electrons. The standard InChI is InChI=1S/C52H35NOS/c1-2-11-37-33-40(23-22-34(37)10-1)39-13-7-12-38(32-39)35-24-28-41(29-25-35)53(46-17-9-19-48-52(46)44-14-3-5-18-47(44)54-48)42-30-26-36(27-31-42)43-16-8-21-50-51(43)45-15-4-6-20-49(45)55-50/h1-5,7-19,21-33H,6,20H2. The van der Waals surface area contributed by atoms with Crippen molar-refractivity contribution in [3.63, 3.8) is 0 Å². The van der Waals surface area contributed by atoms with Crippen molar-refractivity contribution in [2.24, 2.45) is 0 Å². The van der Waals surface area contributed by atoms with Gasteiger partial charge in [-0.15, -0.1) is 11.3 Å². The van der Waals surface area contributed by atoms with Crippen molar-refractivity contribution in [2.75, 3.05) is 4.90 Å². The Labute approximate surface area is 323 Å². The summed E-state index contributed by atoms with van der Waals surface area (Å²) in [5.74, 6) is 0. The Hall–Kier alpha value is -6.68. The van der Waals surface area contributed by atoms with Crippen LogP contribution in [-0.4, -0.2) is 0 Å². The highest BCUT2D eigenvalue weighted by atomic mass is 32.1. The third kappa shape index (κ3) is 5.47. The second-order valence-corrected chi connectivity index (χ2v) is 15.5. The van der Waals surface area contributed by atoms with Crippen LogP contribution in [0.5, 0.6) is 0 Å². The molecular weight excluding hydrogens is 687 g/mol. The first-order chi connectivity index (χ1) is 27.2. The van der Waals surface area contributed by atoms with E-state index in [1.165, 1.54) is 64.7 Å². The van der Waals surface area contributed by atoms with Gasteiger partial charge in [0.15, 0.2) is 0 Å². The predicted octanol–water partition coefficient (Wildman–Crippen LogP) is 15.4. The van der Waals surface area contributed by atoms with Crippen LogP contribution in [-0.2, 0) is 6.42 Å². The van der Waals surface area contributed by atoms with Crippen LogP contribution in [0.2, 0.25) is 0 Å². The molecule has 2 nitrogen and oxygen atoms in total. The highest BCUT2D eigenvalue weighted by Crippen LogP contribution is 2.45. The van der Waals surface area contributed by atoms with E-state index in [1.54, 1.807) is 0 Å². The van der Waals surface area contributed by atoms with Gasteiger partial charge in [0.25, 0.3) is 0 Å². The van der Waals surface area contributed by atoms with Gasteiger partial charge in [0.1, 0.15) is 11.2 Å². The zero-order valence-electron chi connectivity index (χ0n) is 30.1. The van der Waals surface area contributed by atoms with E-state index in [0.29, 0.717) is 0 Å². The quantitative estimate of drug-likeness (QED) is 0.170. The maximum atomic E-state index is 6.39. The third-order valence-electron chi connectivity index (χ3n) is 11.1. The number of hydrogen-bond donors (Lipinski definition) is 0. The van der Waals surface area contributed by atoms with Gasteiger partial charge in [-0.25, -0.2) is 0 Å². The second kappa shape index (κ2) is 13.0. The molecule has 2 aromatic heterocycles. The lowest BCUT2D eigenvalue weighted by Gasteiger charge is -2.26. The zero-order valence-corrected chi connectivity index (χ0v) is 30.9. The molecular formula is C52H35NOS. The Morgan fingerprint density at radius 2 is 1.16 bits per heavy atom. The fraction of sp³-hybridized carbons (Fsp3) is 0.0385. The van der Waals surface area contributed by atoms with E-state index in [-0.39, 0.29) is 0 Å². The highest BCUT2D eigenvalue weighted by molar-refractivity contribution is 7.19. The number of hydrogen-bond acceptors (Lipinski definition) is 3. The molecule has 0 atom stereocenters. The Morgan fingerprint density at radius 3 is 2.02 bits per heavy atom. The van der Waals surface area contributed by atoms with E-state index in [0.717, 1.165) is 51.8 Å². The topological polar surface area (TPSA) is 16.4 Å². The summed E-state index contributed by atoms with van der Waals surface area (Å²) < 4.78 is 7.75. The van der Waals surface area contributed by atoms with Gasteiger partial charge in [-0.2, -0.15) is 0 Å². The summed E-state index contributed by atoms with van der Waals surface area (Å²) in [6, 6.07) is 63.7. The van der Waals surface area contributed by atoms with Crippen LogP contribution in [0.4, 0.5) is 17.1 Å². The van der Waals surface area contributed by atoms with E-state index < -0.39 is 0 Å². The lowest BCUT2D eigenvalue weighted by atomic mass is 9.95. The molecule has 11 rings (SSSR count). The average Bonchev–Trinajstić information content (AvgIpc) is 3.83. The van der Waals surface area contributed by atoms with Crippen molar-refractivity contribution >= 4 is 77.3 Å². The molecule has 0 unspecified atom stereocenters. The number of allylic oxidation sites excluding steroid dienone is 1. The summed E-state index contributed by atoms with van der Waals surface area (Å²) in [5.41, 5.74) is 13.7. The Bertz CT molecular complexity index is 3090. The molecule has 0 N–H and O–H groups in total. The van der Waals surface area contributed by atoms with Gasteiger partial charge in [0.05, 0.1) is 11.1 Å². The predicted molar refractivity (Wildman–Crippen MR) is 235 cm³/mol. The average molecular weight is 722 g/mol. The van der Waals surface area contributed by atoms with Gasteiger partial charge in [0.2, 0.25) is 0 Å². The minimum atomic E-state index is 0.879. The number of nitrogens with zero attached hydrogens (tertiary/aromatic N) is 1. The molecule has 260 valence electrons. The molecule has 0 aliphatic heterocycles. The minimum absolute atomic E-state index is 0.879. The summed E-state index contributed by atoms with van der Waals surface area (Å²) in [6.45, 7) is 0. The molecule has 0 spiro atoms. The fourth-order valence-corrected chi connectivity index (χ4v) is 9.68. The van der Waals surface area contributed by atoms with E-state index in [4.69, 9.17) is 4.42 Å². The van der Waals surface area contributed by atoms with E-state index in [9.17, 15) is 0 Å². The van der Waals surface area contributed by atoms with Gasteiger partial charge < -0.3 is 9.32 Å². The summed E-state index contributed by atoms with van der Waals surface area (Å²) in [4.78, 5) is 3.87. The summed E-state index contributed by atoms with van der Waals surface area (Å²) in [7, 11) is 0. The monoisotopic (exact) mass is 721 g/mol. The highest BCUT2D eigenvalue weighted by Gasteiger charge is 2.21. The van der Waals surface area contributed by atoms with E-state index >= 15 is 0 Å². The Kier molecular flexibility index (Phi) is 7.53. The number of anilines is 3. The van der Waals surface area contributed by atoms with E-state index in [2.05, 4.69) is 187 Å². The molecule has 1 aliphatic rings. The number of para-hydroxylation sites is 1. The van der Waals surface area contributed by atoms with Crippen molar-refractivity contribution in [1.82, 2.24) is 0 Å². The van der Waals surface area contributed by atoms with Gasteiger partial charge in [-0.3, -0.25) is 0 Å². The number of fused-ring (bicyclic) bond motifs is 7. The molecule has 8 aromatic carbocycles. The van der Waals surface area contributed by atoms with Crippen LogP contribution in [0.25, 0.3) is 82.3 Å². The lowest BCUT2D eigenvalue weighted by molar-refractivity contribution is 0.669. The maximum Gasteiger partial charge on any atom is 0.137 e. The summed E-state index contributed by atoms with van der Waals surface area (Å²) in [5, 5.41) is 6.10. The largest absolute Gasteiger partial charge is 0.456 e.